The summed E-state index contributed by atoms with van der Waals surface area (Å²) in [5.41, 5.74) is 8.18. The van der Waals surface area contributed by atoms with Crippen LogP contribution in [-0.4, -0.2) is 75.8 Å². The minimum absolute atomic E-state index is 0.0301. The predicted octanol–water partition coefficient (Wildman–Crippen LogP) is 11.0. The Labute approximate surface area is 460 Å². The van der Waals surface area contributed by atoms with Gasteiger partial charge in [0.1, 0.15) is 46.2 Å². The van der Waals surface area contributed by atoms with Crippen LogP contribution in [-0.2, 0) is 15.9 Å². The van der Waals surface area contributed by atoms with E-state index in [9.17, 15) is 20.4 Å². The molecule has 0 amide bonds. The van der Waals surface area contributed by atoms with Gasteiger partial charge in [-0.15, -0.1) is 0 Å². The Morgan fingerprint density at radius 3 is 2.32 bits per heavy atom. The van der Waals surface area contributed by atoms with Gasteiger partial charge >= 0.3 is 0 Å². The Bertz CT molecular complexity index is 3140. The number of aliphatic hydroxyl groups is 2. The topological polar surface area (TPSA) is 173 Å². The number of aryl methyl sites for hydroxylation is 1. The van der Waals surface area contributed by atoms with Gasteiger partial charge in [0.05, 0.1) is 19.3 Å². The summed E-state index contributed by atoms with van der Waals surface area (Å²) in [5.74, 6) is 2.62. The molecule has 2 aliphatic heterocycles. The SMILES string of the molecule is CCCCC(CC)COC1N=C(c2c(O)cccc2O)N=C(C2=CC3=C(C=CC4C(CCCCC(CC)COC5N=C(C6C(O)=CC=CC6O)N=C(C6C=c7cc8c(cc7=CC6)C=CCC8)N5)=CCCC34)C3C=CC=CC23)N1. The first-order chi connectivity index (χ1) is 38.2. The molecule has 0 radical (unpaired) electrons. The molecule has 2 aromatic carbocycles. The van der Waals surface area contributed by atoms with Crippen LogP contribution in [0.2, 0.25) is 0 Å². The van der Waals surface area contributed by atoms with Crippen molar-refractivity contribution in [2.75, 3.05) is 13.2 Å². The number of aliphatic hydroxyl groups excluding tert-OH is 2. The van der Waals surface area contributed by atoms with E-state index in [0.29, 0.717) is 48.6 Å². The molecule has 6 N–H and O–H groups in total. The van der Waals surface area contributed by atoms with Gasteiger partial charge in [-0.3, -0.25) is 0 Å². The second-order valence-electron chi connectivity index (χ2n) is 22.6. The lowest BCUT2D eigenvalue weighted by Gasteiger charge is -2.42. The van der Waals surface area contributed by atoms with Crippen LogP contribution >= 0.6 is 0 Å². The van der Waals surface area contributed by atoms with Crippen molar-refractivity contribution in [3.8, 4) is 11.5 Å². The van der Waals surface area contributed by atoms with Crippen LogP contribution in [0.5, 0.6) is 11.5 Å². The smallest absolute Gasteiger partial charge is 0.228 e. The fourth-order valence-corrected chi connectivity index (χ4v) is 13.0. The van der Waals surface area contributed by atoms with Crippen molar-refractivity contribution >= 4 is 41.6 Å². The third-order valence-corrected chi connectivity index (χ3v) is 17.6. The Hall–Kier alpha value is -6.60. The maximum absolute atomic E-state index is 11.1. The highest BCUT2D eigenvalue weighted by Crippen LogP contribution is 2.50. The summed E-state index contributed by atoms with van der Waals surface area (Å²) in [4.78, 5) is 19.8. The number of hydrogen-bond donors (Lipinski definition) is 6. The predicted molar refractivity (Wildman–Crippen MR) is 313 cm³/mol. The van der Waals surface area contributed by atoms with Gasteiger partial charge in [0.2, 0.25) is 12.7 Å². The maximum Gasteiger partial charge on any atom is 0.228 e. The Balaban J connectivity index is 0.756. The molecule has 11 rings (SSSR count). The minimum Gasteiger partial charge on any atom is -0.511 e. The lowest BCUT2D eigenvalue weighted by atomic mass is 9.63. The molecule has 78 heavy (non-hydrogen) atoms. The van der Waals surface area contributed by atoms with Gasteiger partial charge < -0.3 is 40.5 Å². The summed E-state index contributed by atoms with van der Waals surface area (Å²) < 4.78 is 13.2. The molecular weight excluding hydrogens is 973 g/mol. The molecule has 0 saturated heterocycles. The van der Waals surface area contributed by atoms with Gasteiger partial charge in [-0.05, 0) is 133 Å². The van der Waals surface area contributed by atoms with Crippen LogP contribution in [0.25, 0.3) is 18.2 Å². The number of nitrogens with zero attached hydrogens (tertiary/aromatic N) is 4. The van der Waals surface area contributed by atoms with Crippen LogP contribution in [0, 0.1) is 47.3 Å². The van der Waals surface area contributed by atoms with Gasteiger partial charge in [0, 0.05) is 29.2 Å². The molecule has 2 aromatic rings. The van der Waals surface area contributed by atoms with E-state index in [0.717, 1.165) is 101 Å². The number of benzene rings is 2. The van der Waals surface area contributed by atoms with E-state index < -0.39 is 24.7 Å². The maximum atomic E-state index is 11.1. The first kappa shape index (κ1) is 53.4. The van der Waals surface area contributed by atoms with E-state index in [1.165, 1.54) is 38.3 Å². The van der Waals surface area contributed by atoms with Crippen molar-refractivity contribution in [2.24, 2.45) is 67.3 Å². The third-order valence-electron chi connectivity index (χ3n) is 17.6. The molecular formula is C66H78N6O6. The van der Waals surface area contributed by atoms with Crippen molar-refractivity contribution < 1.29 is 29.9 Å². The number of aliphatic imine (C=N–C) groups is 4. The van der Waals surface area contributed by atoms with Gasteiger partial charge in [-0.25, -0.2) is 20.0 Å². The van der Waals surface area contributed by atoms with Crippen LogP contribution in [0.4, 0.5) is 0 Å². The van der Waals surface area contributed by atoms with Crippen LogP contribution in [0.15, 0.2) is 151 Å². The Morgan fingerprint density at radius 1 is 0.756 bits per heavy atom. The number of rotatable bonds is 20. The normalized spacial score (nSPS) is 28.2. The second-order valence-corrected chi connectivity index (χ2v) is 22.6. The van der Waals surface area contributed by atoms with Gasteiger partial charge in [-0.1, -0.05) is 156 Å². The number of allylic oxidation sites excluding steroid dienone is 14. The molecule has 12 heteroatoms. The molecule has 12 nitrogen and oxygen atoms in total. The molecule has 408 valence electrons. The van der Waals surface area contributed by atoms with E-state index in [4.69, 9.17) is 29.4 Å². The lowest BCUT2D eigenvalue weighted by molar-refractivity contribution is 0.0203. The first-order valence-electron chi connectivity index (χ1n) is 29.2. The number of hydrogen-bond acceptors (Lipinski definition) is 12. The second kappa shape index (κ2) is 24.2. The van der Waals surface area contributed by atoms with Crippen LogP contribution < -0.4 is 21.1 Å². The fourth-order valence-electron chi connectivity index (χ4n) is 13.0. The fraction of sp³-hybridized carbons (Fsp3) is 0.455. The minimum atomic E-state index is -0.949. The molecule has 9 aliphatic rings. The largest absolute Gasteiger partial charge is 0.511 e. The van der Waals surface area contributed by atoms with E-state index in [2.05, 4.69) is 116 Å². The highest BCUT2D eigenvalue weighted by atomic mass is 16.5. The summed E-state index contributed by atoms with van der Waals surface area (Å²) in [6.07, 6.45) is 44.8. The molecule has 11 atom stereocenters. The van der Waals surface area contributed by atoms with Crippen LogP contribution in [0.3, 0.4) is 0 Å². The van der Waals surface area contributed by atoms with E-state index in [1.54, 1.807) is 36.4 Å². The number of amidine groups is 4. The standard InChI is InChI=1S/C66H78N6O6/c1-4-7-17-40(5-2)38-78-66-70-62(68-64(72-66)60-57(75)28-16-29-58(60)76)54-37-53-49-25-14-22-42(48(49)32-33-52(53)50-23-12-13-24-51(50)54)19-9-8-18-41(6-3)39-77-65-69-61(67-63(71-65)59-55(73)26-15-27-56(59)74)46-31-30-45-34-43-20-10-11-21-44(43)35-47(45)36-46/h10,12-13,15-16,20,22-24,26-30,32-37,40-41,46,48-51,55,59,65-66,73-76H,4-9,11,14,17-19,21,25,31,38-39H2,1-3H3,(H,67,69,71)(H,68,70,72). The van der Waals surface area contributed by atoms with Gasteiger partial charge in [-0.2, -0.15) is 0 Å². The van der Waals surface area contributed by atoms with Gasteiger partial charge in [0.15, 0.2) is 5.84 Å². The number of fused-ring (bicyclic) bond motifs is 6. The average Bonchev–Trinajstić information content (AvgIpc) is 3.66. The zero-order valence-electron chi connectivity index (χ0n) is 45.6. The van der Waals surface area contributed by atoms with Crippen molar-refractivity contribution in [3.05, 3.63) is 158 Å². The molecule has 0 saturated carbocycles. The van der Waals surface area contributed by atoms with Crippen molar-refractivity contribution in [2.45, 2.75) is 129 Å². The molecule has 0 fully saturated rings. The van der Waals surface area contributed by atoms with Crippen molar-refractivity contribution in [1.29, 1.82) is 0 Å². The molecule has 0 bridgehead atoms. The number of nitrogens with one attached hydrogen (secondary N) is 2. The summed E-state index contributed by atoms with van der Waals surface area (Å²) >= 11 is 0. The number of aromatic hydroxyl groups is 2. The number of phenols is 2. The average molecular weight is 1050 g/mol. The molecule has 0 spiro atoms. The van der Waals surface area contributed by atoms with E-state index in [-0.39, 0.29) is 46.4 Å². The first-order valence-corrected chi connectivity index (χ1v) is 29.2. The summed E-state index contributed by atoms with van der Waals surface area (Å²) in [7, 11) is 0. The molecule has 0 aromatic heterocycles. The zero-order valence-corrected chi connectivity index (χ0v) is 45.6. The number of phenolic OH excluding ortho intramolecular Hbond substituents is 2. The van der Waals surface area contributed by atoms with E-state index in [1.807, 2.05) is 0 Å². The highest BCUT2D eigenvalue weighted by Gasteiger charge is 2.41. The Morgan fingerprint density at radius 2 is 1.54 bits per heavy atom. The molecule has 7 aliphatic carbocycles. The molecule has 2 heterocycles. The number of ether oxygens (including phenoxy) is 2. The summed E-state index contributed by atoms with van der Waals surface area (Å²) in [5, 5.41) is 53.7. The van der Waals surface area contributed by atoms with Crippen LogP contribution in [0.1, 0.15) is 121 Å². The van der Waals surface area contributed by atoms with Crippen molar-refractivity contribution in [3.63, 3.8) is 0 Å². The molecule has 11 unspecified atom stereocenters. The monoisotopic (exact) mass is 1050 g/mol. The quantitative estimate of drug-likeness (QED) is 0.0562. The highest BCUT2D eigenvalue weighted by molar-refractivity contribution is 6.15. The zero-order chi connectivity index (χ0) is 53.7. The number of unbranched alkanes of at least 4 members (excludes halogenated alkanes) is 2. The third kappa shape index (κ3) is 11.4. The van der Waals surface area contributed by atoms with E-state index >= 15 is 0 Å². The Kier molecular flexibility index (Phi) is 16.6. The van der Waals surface area contributed by atoms with Crippen molar-refractivity contribution in [1.82, 2.24) is 10.6 Å². The van der Waals surface area contributed by atoms with Gasteiger partial charge in [0.25, 0.3) is 0 Å². The summed E-state index contributed by atoms with van der Waals surface area (Å²) in [6, 6.07) is 9.35. The lowest BCUT2D eigenvalue weighted by Crippen LogP contribution is -2.47. The summed E-state index contributed by atoms with van der Waals surface area (Å²) in [6.45, 7) is 7.72.